The SMILES string of the molecule is CCCCCCCCN(C)c1ccc(-c2c3/c(=C(/C#N)c4nc5ccc(C(C)(C)C)cc5s4)n(B(c4ccccc4)c4ccccc4)c(-c4ccc(N(C)CCCCCCCC)cc4)c3/c(=C(\C#N)c3nc4ccc(C(C)(C)C)cc4s3)n2B(c2ccccc2)c2ccccc2)cc1. The van der Waals surface area contributed by atoms with Crippen molar-refractivity contribution in [1.29, 1.82) is 10.5 Å². The molecule has 8 aromatic carbocycles. The van der Waals surface area contributed by atoms with Crippen LogP contribution in [0.25, 0.3) is 64.9 Å². The van der Waals surface area contributed by atoms with Crippen molar-refractivity contribution in [3.8, 4) is 34.7 Å². The van der Waals surface area contributed by atoms with Crippen LogP contribution in [0, 0.1) is 22.7 Å². The number of nitrogens with zero attached hydrogens (tertiary/aromatic N) is 8. The molecule has 0 amide bonds. The standard InChI is InChI=1S/C86H92B2N8S2/c1-11-13-15-17-19-33-55-93(9)69-49-43-61(44-50-69)79-77-78(82(95(79)87(65-35-25-21-26-36-65)66-37-27-22-28-38-66)72(60-90)84-92-74-54-48-64(86(6,7)8)58-76(74)98-84)80(62-45-51-70(52-46-62)94(10)56-34-20-18-16-14-12-2)96(88(67-39-29-23-30-40-67)68-41-31-24-32-42-68)81(77)71(59-89)83-91-73-53-47-63(85(3,4)5)57-75(73)97-83/h21-32,35-54,57-58H,11-20,33-34,55-56H2,1-10H3/b81-71-,82-72+. The van der Waals surface area contributed by atoms with Crippen LogP contribution in [0.5, 0.6) is 0 Å². The Balaban J connectivity index is 1.32. The Morgan fingerprint density at radius 2 is 0.735 bits per heavy atom. The van der Waals surface area contributed by atoms with Crippen LogP contribution in [0.3, 0.4) is 0 Å². The Hall–Kier alpha value is -9.19. The van der Waals surface area contributed by atoms with Gasteiger partial charge in [0, 0.05) is 60.7 Å². The predicted octanol–water partition coefficient (Wildman–Crippen LogP) is 17.9. The first-order valence-electron chi connectivity index (χ1n) is 35.6. The van der Waals surface area contributed by atoms with Gasteiger partial charge in [-0.25, -0.2) is 9.97 Å². The molecule has 12 heteroatoms. The molecule has 0 atom stereocenters. The van der Waals surface area contributed by atoms with Gasteiger partial charge >= 0.3 is 13.7 Å². The van der Waals surface area contributed by atoms with E-state index in [0.29, 0.717) is 31.9 Å². The third-order valence-electron chi connectivity index (χ3n) is 19.6. The number of fused-ring (bicyclic) bond motifs is 3. The quantitative estimate of drug-likeness (QED) is 0.0396. The number of hydrogen-bond donors (Lipinski definition) is 0. The van der Waals surface area contributed by atoms with E-state index in [9.17, 15) is 10.5 Å². The number of hydrogen-bond acceptors (Lipinski definition) is 8. The zero-order valence-corrected chi connectivity index (χ0v) is 60.7. The van der Waals surface area contributed by atoms with Gasteiger partial charge in [-0.15, -0.1) is 22.7 Å². The Morgan fingerprint density at radius 3 is 1.04 bits per heavy atom. The summed E-state index contributed by atoms with van der Waals surface area (Å²) in [5, 5.41) is 29.9. The van der Waals surface area contributed by atoms with Crippen molar-refractivity contribution >= 4 is 112 Å². The largest absolute Gasteiger partial charge is 0.375 e. The second-order valence-electron chi connectivity index (χ2n) is 28.7. The van der Waals surface area contributed by atoms with Gasteiger partial charge in [-0.05, 0) is 94.5 Å². The summed E-state index contributed by atoms with van der Waals surface area (Å²) in [5.41, 5.74) is 14.7. The van der Waals surface area contributed by atoms with E-state index in [0.717, 1.165) is 113 Å². The molecule has 0 saturated heterocycles. The van der Waals surface area contributed by atoms with Crippen molar-refractivity contribution in [2.45, 2.75) is 143 Å². The topological polar surface area (TPSA) is 89.7 Å². The van der Waals surface area contributed by atoms with Crippen LogP contribution in [0.2, 0.25) is 0 Å². The summed E-state index contributed by atoms with van der Waals surface area (Å²) in [6.45, 7) is 18.9. The zero-order chi connectivity index (χ0) is 68.5. The fourth-order valence-corrected chi connectivity index (χ4v) is 16.2. The van der Waals surface area contributed by atoms with Crippen LogP contribution in [-0.2, 0) is 10.8 Å². The summed E-state index contributed by atoms with van der Waals surface area (Å²) >= 11 is 3.14. The zero-order valence-electron chi connectivity index (χ0n) is 59.1. The number of nitriles is 2. The number of rotatable bonds is 26. The van der Waals surface area contributed by atoms with Gasteiger partial charge in [0.1, 0.15) is 33.3 Å². The molecular formula is C86H92B2N8S2. The minimum Gasteiger partial charge on any atom is -0.375 e. The molecule has 0 aliphatic rings. The lowest BCUT2D eigenvalue weighted by atomic mass is 9.50. The van der Waals surface area contributed by atoms with Crippen molar-refractivity contribution in [2.75, 3.05) is 37.0 Å². The van der Waals surface area contributed by atoms with E-state index < -0.39 is 13.7 Å². The molecule has 0 aliphatic carbocycles. The highest BCUT2D eigenvalue weighted by Crippen LogP contribution is 2.40. The summed E-state index contributed by atoms with van der Waals surface area (Å²) in [6.07, 6.45) is 14.6. The Bertz CT molecular complexity index is 4520. The average Bonchev–Trinajstić information content (AvgIpc) is 1.53. The number of unbranched alkanes of at least 4 members (excludes halogenated alkanes) is 10. The molecule has 98 heavy (non-hydrogen) atoms. The van der Waals surface area contributed by atoms with Crippen LogP contribution in [-0.4, -0.2) is 59.8 Å². The maximum atomic E-state index is 12.8. The molecule has 0 fully saturated rings. The molecule has 12 aromatic rings. The van der Waals surface area contributed by atoms with Crippen LogP contribution >= 0.6 is 22.7 Å². The molecule has 0 spiro atoms. The van der Waals surface area contributed by atoms with E-state index in [1.165, 1.54) is 75.3 Å². The number of thiazole rings is 2. The first kappa shape index (κ1) is 68.7. The highest BCUT2D eigenvalue weighted by atomic mass is 32.1. The van der Waals surface area contributed by atoms with Crippen molar-refractivity contribution in [2.24, 2.45) is 0 Å². The van der Waals surface area contributed by atoms with Crippen molar-refractivity contribution < 1.29 is 0 Å². The molecule has 8 nitrogen and oxygen atoms in total. The van der Waals surface area contributed by atoms with E-state index in [1.807, 2.05) is 0 Å². The lowest BCUT2D eigenvalue weighted by Crippen LogP contribution is -2.54. The smallest absolute Gasteiger partial charge is 0.328 e. The Morgan fingerprint density at radius 1 is 0.418 bits per heavy atom. The summed E-state index contributed by atoms with van der Waals surface area (Å²) < 4.78 is 6.96. The van der Waals surface area contributed by atoms with Crippen LogP contribution in [0.15, 0.2) is 206 Å². The fourth-order valence-electron chi connectivity index (χ4n) is 14.2. The molecular weight excluding hydrogens is 1230 g/mol. The monoisotopic (exact) mass is 1320 g/mol. The summed E-state index contributed by atoms with van der Waals surface area (Å²) in [6, 6.07) is 80.4. The Kier molecular flexibility index (Phi) is 21.5. The minimum atomic E-state index is -0.509. The van der Waals surface area contributed by atoms with Crippen LogP contribution in [0.4, 0.5) is 11.4 Å². The van der Waals surface area contributed by atoms with E-state index in [1.54, 1.807) is 22.7 Å². The molecule has 0 radical (unpaired) electrons. The van der Waals surface area contributed by atoms with Gasteiger partial charge < -0.3 is 18.8 Å². The first-order chi connectivity index (χ1) is 47.6. The second-order valence-corrected chi connectivity index (χ2v) is 30.7. The molecule has 0 unspecified atom stereocenters. The van der Waals surface area contributed by atoms with Gasteiger partial charge in [0.2, 0.25) is 0 Å². The molecule has 0 aliphatic heterocycles. The first-order valence-corrected chi connectivity index (χ1v) is 37.3. The molecule has 494 valence electrons. The van der Waals surface area contributed by atoms with Gasteiger partial charge in [0.05, 0.1) is 31.1 Å². The fraction of sp³-hybridized carbons (Fsp3) is 0.302. The molecule has 4 aromatic heterocycles. The van der Waals surface area contributed by atoms with Crippen molar-refractivity contribution in [3.63, 3.8) is 0 Å². The number of aromatic nitrogens is 4. The van der Waals surface area contributed by atoms with Crippen LogP contribution < -0.4 is 42.3 Å². The van der Waals surface area contributed by atoms with Gasteiger partial charge in [-0.3, -0.25) is 0 Å². The van der Waals surface area contributed by atoms with E-state index in [-0.39, 0.29) is 10.8 Å². The van der Waals surface area contributed by atoms with Crippen molar-refractivity contribution in [1.82, 2.24) is 18.9 Å². The van der Waals surface area contributed by atoms with Gasteiger partial charge in [-0.2, -0.15) is 10.5 Å². The van der Waals surface area contributed by atoms with Gasteiger partial charge in [0.25, 0.3) is 0 Å². The summed E-state index contributed by atoms with van der Waals surface area (Å²) in [7, 11) is 4.42. The predicted molar refractivity (Wildman–Crippen MR) is 423 cm³/mol. The highest BCUT2D eigenvalue weighted by molar-refractivity contribution is 7.20. The van der Waals surface area contributed by atoms with Crippen molar-refractivity contribution in [3.05, 3.63) is 238 Å². The lowest BCUT2D eigenvalue weighted by molar-refractivity contribution is 0.591. The highest BCUT2D eigenvalue weighted by Gasteiger charge is 2.38. The molecule has 12 rings (SSSR count). The third-order valence-corrected chi connectivity index (χ3v) is 21.7. The van der Waals surface area contributed by atoms with Gasteiger partial charge in [-0.1, -0.05) is 299 Å². The molecule has 4 heterocycles. The minimum absolute atomic E-state index is 0.124. The Labute approximate surface area is 590 Å². The number of benzene rings is 8. The van der Waals surface area contributed by atoms with Gasteiger partial charge in [0.15, 0.2) is 0 Å². The van der Waals surface area contributed by atoms with Crippen LogP contribution in [0.1, 0.15) is 154 Å². The molecule has 0 N–H and O–H groups in total. The van der Waals surface area contributed by atoms with E-state index in [2.05, 4.69) is 307 Å². The average molecular weight is 1320 g/mol. The summed E-state index contributed by atoms with van der Waals surface area (Å²) in [4.78, 5) is 15.9. The lowest BCUT2D eigenvalue weighted by Gasteiger charge is -2.25. The maximum absolute atomic E-state index is 12.8. The number of anilines is 2. The maximum Gasteiger partial charge on any atom is 0.328 e. The van der Waals surface area contributed by atoms with E-state index in [4.69, 9.17) is 9.97 Å². The van der Waals surface area contributed by atoms with E-state index >= 15 is 0 Å². The normalized spacial score (nSPS) is 12.4. The second kappa shape index (κ2) is 30.7. The molecule has 0 saturated carbocycles. The molecule has 0 bridgehead atoms. The summed E-state index contributed by atoms with van der Waals surface area (Å²) in [5.74, 6) is 0. The third kappa shape index (κ3) is 14.7.